The Morgan fingerprint density at radius 2 is 1.70 bits per heavy atom. The predicted octanol–water partition coefficient (Wildman–Crippen LogP) is 4.41. The predicted molar refractivity (Wildman–Crippen MR) is 107 cm³/mol. The quantitative estimate of drug-likeness (QED) is 0.539. The maximum absolute atomic E-state index is 12.6. The third-order valence-corrected chi connectivity index (χ3v) is 4.70. The van der Waals surface area contributed by atoms with Crippen molar-refractivity contribution in [1.82, 2.24) is 0 Å². The number of ether oxygens (including phenoxy) is 2. The van der Waals surface area contributed by atoms with Crippen LogP contribution in [0.4, 0.5) is 0 Å². The highest BCUT2D eigenvalue weighted by molar-refractivity contribution is 6.13. The molecule has 1 heterocycles. The fraction of sp³-hybridized carbons (Fsp3) is 0.391. The fourth-order valence-corrected chi connectivity index (χ4v) is 3.35. The standard InChI is InChI=1S/C23H27NO3/c1-2-26-23(25)21(17-20-15-9-10-16-27-20)24-22(18-11-5-3-6-12-18)19-13-7-4-8-14-19/h3-8,11-14,20-21H,2,9-10,15-17H2,1H3. The number of hydrogen-bond donors (Lipinski definition) is 0. The number of hydrogen-bond acceptors (Lipinski definition) is 4. The molecule has 2 atom stereocenters. The Kier molecular flexibility index (Phi) is 7.17. The molecule has 27 heavy (non-hydrogen) atoms. The van der Waals surface area contributed by atoms with Crippen molar-refractivity contribution in [2.45, 2.75) is 44.8 Å². The summed E-state index contributed by atoms with van der Waals surface area (Å²) < 4.78 is 11.2. The lowest BCUT2D eigenvalue weighted by molar-refractivity contribution is -0.145. The summed E-state index contributed by atoms with van der Waals surface area (Å²) in [5.41, 5.74) is 2.79. The molecule has 0 aliphatic carbocycles. The number of esters is 1. The molecule has 1 fully saturated rings. The van der Waals surface area contributed by atoms with Gasteiger partial charge in [-0.1, -0.05) is 60.7 Å². The van der Waals surface area contributed by atoms with Crippen LogP contribution in [0, 0.1) is 0 Å². The van der Waals surface area contributed by atoms with Crippen molar-refractivity contribution in [1.29, 1.82) is 0 Å². The number of aliphatic imine (C=N–C) groups is 1. The van der Waals surface area contributed by atoms with E-state index in [0.717, 1.165) is 42.7 Å². The molecule has 0 aromatic heterocycles. The molecule has 1 aliphatic heterocycles. The van der Waals surface area contributed by atoms with Gasteiger partial charge >= 0.3 is 5.97 Å². The van der Waals surface area contributed by atoms with Crippen LogP contribution in [0.3, 0.4) is 0 Å². The van der Waals surface area contributed by atoms with Gasteiger partial charge in [0.1, 0.15) is 0 Å². The Balaban J connectivity index is 1.95. The van der Waals surface area contributed by atoms with Gasteiger partial charge in [0.05, 0.1) is 18.4 Å². The van der Waals surface area contributed by atoms with E-state index in [1.807, 2.05) is 67.6 Å². The third kappa shape index (κ3) is 5.51. The van der Waals surface area contributed by atoms with Gasteiger partial charge in [-0.15, -0.1) is 0 Å². The Morgan fingerprint density at radius 3 is 2.22 bits per heavy atom. The van der Waals surface area contributed by atoms with Gasteiger partial charge in [0.15, 0.2) is 6.04 Å². The maximum atomic E-state index is 12.6. The second-order valence-electron chi connectivity index (χ2n) is 6.70. The van der Waals surface area contributed by atoms with E-state index in [1.165, 1.54) is 0 Å². The molecule has 0 saturated carbocycles. The molecule has 4 heteroatoms. The molecule has 2 aromatic carbocycles. The molecular formula is C23H27NO3. The normalized spacial score (nSPS) is 17.7. The van der Waals surface area contributed by atoms with Crippen molar-refractivity contribution in [2.24, 2.45) is 4.99 Å². The SMILES string of the molecule is CCOC(=O)C(CC1CCCCO1)N=C(c1ccccc1)c1ccccc1. The fourth-order valence-electron chi connectivity index (χ4n) is 3.35. The molecule has 0 amide bonds. The number of nitrogens with zero attached hydrogens (tertiary/aromatic N) is 1. The highest BCUT2D eigenvalue weighted by Crippen LogP contribution is 2.21. The average molecular weight is 365 g/mol. The Bertz CT molecular complexity index is 695. The lowest BCUT2D eigenvalue weighted by Gasteiger charge is -2.25. The molecule has 3 rings (SSSR count). The van der Waals surface area contributed by atoms with Gasteiger partial charge in [-0.25, -0.2) is 4.79 Å². The second-order valence-corrected chi connectivity index (χ2v) is 6.70. The lowest BCUT2D eigenvalue weighted by atomic mass is 9.99. The van der Waals surface area contributed by atoms with Crippen molar-refractivity contribution in [3.8, 4) is 0 Å². The van der Waals surface area contributed by atoms with Gasteiger partial charge in [0, 0.05) is 24.2 Å². The molecule has 0 radical (unpaired) electrons. The van der Waals surface area contributed by atoms with Crippen LogP contribution in [0.5, 0.6) is 0 Å². The van der Waals surface area contributed by atoms with E-state index in [1.54, 1.807) is 0 Å². The largest absolute Gasteiger partial charge is 0.464 e. The Morgan fingerprint density at radius 1 is 1.07 bits per heavy atom. The van der Waals surface area contributed by atoms with Crippen LogP contribution in [0.2, 0.25) is 0 Å². The monoisotopic (exact) mass is 365 g/mol. The summed E-state index contributed by atoms with van der Waals surface area (Å²) in [6.45, 7) is 2.93. The molecule has 1 saturated heterocycles. The van der Waals surface area contributed by atoms with Crippen LogP contribution in [-0.4, -0.2) is 37.0 Å². The van der Waals surface area contributed by atoms with E-state index in [2.05, 4.69) is 0 Å². The van der Waals surface area contributed by atoms with Crippen LogP contribution in [0.1, 0.15) is 43.7 Å². The zero-order valence-electron chi connectivity index (χ0n) is 15.8. The van der Waals surface area contributed by atoms with E-state index < -0.39 is 6.04 Å². The molecule has 0 spiro atoms. The summed E-state index contributed by atoms with van der Waals surface area (Å²) in [4.78, 5) is 17.5. The van der Waals surface area contributed by atoms with Crippen LogP contribution >= 0.6 is 0 Å². The van der Waals surface area contributed by atoms with Crippen LogP contribution in [0.25, 0.3) is 0 Å². The van der Waals surface area contributed by atoms with Crippen molar-refractivity contribution in [2.75, 3.05) is 13.2 Å². The van der Waals surface area contributed by atoms with Gasteiger partial charge in [-0.05, 0) is 26.2 Å². The number of benzene rings is 2. The molecule has 0 bridgehead atoms. The van der Waals surface area contributed by atoms with E-state index in [-0.39, 0.29) is 12.1 Å². The topological polar surface area (TPSA) is 47.9 Å². The first-order valence-electron chi connectivity index (χ1n) is 9.75. The van der Waals surface area contributed by atoms with Crippen molar-refractivity contribution in [3.05, 3.63) is 71.8 Å². The van der Waals surface area contributed by atoms with Crippen LogP contribution in [0.15, 0.2) is 65.7 Å². The first kappa shape index (κ1) is 19.3. The van der Waals surface area contributed by atoms with Crippen LogP contribution in [-0.2, 0) is 14.3 Å². The summed E-state index contributed by atoms with van der Waals surface area (Å²) in [6.07, 6.45) is 3.81. The minimum Gasteiger partial charge on any atom is -0.464 e. The minimum absolute atomic E-state index is 0.0599. The van der Waals surface area contributed by atoms with Crippen molar-refractivity contribution < 1.29 is 14.3 Å². The van der Waals surface area contributed by atoms with E-state index in [9.17, 15) is 4.79 Å². The van der Waals surface area contributed by atoms with E-state index in [4.69, 9.17) is 14.5 Å². The Labute approximate surface area is 161 Å². The molecular weight excluding hydrogens is 338 g/mol. The zero-order chi connectivity index (χ0) is 18.9. The van der Waals surface area contributed by atoms with E-state index >= 15 is 0 Å². The van der Waals surface area contributed by atoms with Crippen molar-refractivity contribution in [3.63, 3.8) is 0 Å². The highest BCUT2D eigenvalue weighted by Gasteiger charge is 2.26. The molecule has 2 unspecified atom stereocenters. The summed E-state index contributed by atoms with van der Waals surface area (Å²) in [6, 6.07) is 19.4. The first-order chi connectivity index (χ1) is 13.3. The first-order valence-corrected chi connectivity index (χ1v) is 9.75. The van der Waals surface area contributed by atoms with Gasteiger partial charge in [-0.2, -0.15) is 0 Å². The molecule has 0 N–H and O–H groups in total. The van der Waals surface area contributed by atoms with Gasteiger partial charge in [-0.3, -0.25) is 4.99 Å². The summed E-state index contributed by atoms with van der Waals surface area (Å²) in [5.74, 6) is -0.281. The van der Waals surface area contributed by atoms with Gasteiger partial charge in [0.2, 0.25) is 0 Å². The van der Waals surface area contributed by atoms with Gasteiger partial charge in [0.25, 0.3) is 0 Å². The zero-order valence-corrected chi connectivity index (χ0v) is 15.8. The summed E-state index contributed by atoms with van der Waals surface area (Å²) >= 11 is 0. The molecule has 2 aromatic rings. The average Bonchev–Trinajstić information content (AvgIpc) is 2.73. The molecule has 4 nitrogen and oxygen atoms in total. The third-order valence-electron chi connectivity index (χ3n) is 4.70. The van der Waals surface area contributed by atoms with Gasteiger partial charge < -0.3 is 9.47 Å². The summed E-state index contributed by atoms with van der Waals surface area (Å²) in [5, 5.41) is 0. The highest BCUT2D eigenvalue weighted by atomic mass is 16.5. The minimum atomic E-state index is -0.566. The number of carbonyl (C=O) groups is 1. The summed E-state index contributed by atoms with van der Waals surface area (Å²) in [7, 11) is 0. The number of rotatable bonds is 7. The van der Waals surface area contributed by atoms with Crippen LogP contribution < -0.4 is 0 Å². The van der Waals surface area contributed by atoms with E-state index in [0.29, 0.717) is 13.0 Å². The smallest absolute Gasteiger partial charge is 0.330 e. The second kappa shape index (κ2) is 10.0. The Hall–Kier alpha value is -2.46. The van der Waals surface area contributed by atoms with Crippen molar-refractivity contribution >= 4 is 11.7 Å². The molecule has 1 aliphatic rings. The molecule has 142 valence electrons. The maximum Gasteiger partial charge on any atom is 0.330 e. The number of carbonyl (C=O) groups excluding carboxylic acids is 1. The lowest BCUT2D eigenvalue weighted by Crippen LogP contribution is -2.31.